The van der Waals surface area contributed by atoms with Gasteiger partial charge in [-0.2, -0.15) is 5.10 Å². The number of benzene rings is 2. The highest BCUT2D eigenvalue weighted by Gasteiger charge is 2.10. The summed E-state index contributed by atoms with van der Waals surface area (Å²) in [6.07, 6.45) is 1.77. The summed E-state index contributed by atoms with van der Waals surface area (Å²) in [6.45, 7) is 0. The van der Waals surface area contributed by atoms with E-state index in [1.807, 2.05) is 30.3 Å². The minimum atomic E-state index is 0.610. The van der Waals surface area contributed by atoms with Crippen molar-refractivity contribution in [1.82, 2.24) is 25.1 Å². The standard InChI is InChI=1S/C17H15N5/c1-2-6-12(7-3-1)10-11-15-20-17(22-21-15)16-18-13-8-4-5-9-14(13)19-16/h1-9H,10-11H2,(H,18,19)(H,20,21,22). The van der Waals surface area contributed by atoms with E-state index in [4.69, 9.17) is 0 Å². The highest BCUT2D eigenvalue weighted by molar-refractivity contribution is 5.77. The van der Waals surface area contributed by atoms with E-state index in [1.165, 1.54) is 5.56 Å². The van der Waals surface area contributed by atoms with Crippen LogP contribution in [0.5, 0.6) is 0 Å². The van der Waals surface area contributed by atoms with E-state index in [0.717, 1.165) is 29.7 Å². The largest absolute Gasteiger partial charge is 0.335 e. The number of aromatic amines is 2. The first kappa shape index (κ1) is 12.8. The summed E-state index contributed by atoms with van der Waals surface area (Å²) in [5.41, 5.74) is 3.21. The number of nitrogens with zero attached hydrogens (tertiary/aromatic N) is 3. The van der Waals surface area contributed by atoms with Crippen LogP contribution < -0.4 is 0 Å². The summed E-state index contributed by atoms with van der Waals surface area (Å²) in [6, 6.07) is 18.3. The highest BCUT2D eigenvalue weighted by atomic mass is 15.2. The predicted molar refractivity (Wildman–Crippen MR) is 85.3 cm³/mol. The SMILES string of the molecule is c1ccc(CCc2nc(-c3nc4ccccc4[nH]3)n[nH]2)cc1. The maximum atomic E-state index is 4.53. The Hall–Kier alpha value is -2.95. The number of rotatable bonds is 4. The Kier molecular flexibility index (Phi) is 3.16. The highest BCUT2D eigenvalue weighted by Crippen LogP contribution is 2.17. The van der Waals surface area contributed by atoms with Crippen molar-refractivity contribution in [1.29, 1.82) is 0 Å². The minimum absolute atomic E-state index is 0.610. The Bertz CT molecular complexity index is 858. The van der Waals surface area contributed by atoms with Gasteiger partial charge in [0.15, 0.2) is 5.82 Å². The molecule has 0 spiro atoms. The second-order valence-electron chi connectivity index (χ2n) is 5.19. The molecule has 2 aromatic heterocycles. The molecule has 2 heterocycles. The van der Waals surface area contributed by atoms with Gasteiger partial charge in [-0.25, -0.2) is 9.97 Å². The molecule has 0 aliphatic carbocycles. The van der Waals surface area contributed by atoms with Crippen LogP contribution in [0.4, 0.5) is 0 Å². The molecule has 0 aliphatic heterocycles. The fourth-order valence-corrected chi connectivity index (χ4v) is 2.48. The Morgan fingerprint density at radius 2 is 1.64 bits per heavy atom. The van der Waals surface area contributed by atoms with E-state index in [1.54, 1.807) is 0 Å². The average molecular weight is 289 g/mol. The van der Waals surface area contributed by atoms with Gasteiger partial charge in [0.1, 0.15) is 5.82 Å². The monoisotopic (exact) mass is 289 g/mol. The molecule has 0 bridgehead atoms. The van der Waals surface area contributed by atoms with Crippen LogP contribution in [0.3, 0.4) is 0 Å². The third-order valence-corrected chi connectivity index (χ3v) is 3.63. The van der Waals surface area contributed by atoms with E-state index in [0.29, 0.717) is 11.6 Å². The van der Waals surface area contributed by atoms with Gasteiger partial charge >= 0.3 is 0 Å². The lowest BCUT2D eigenvalue weighted by Crippen LogP contribution is -1.93. The molecule has 0 unspecified atom stereocenters. The molecule has 2 aromatic carbocycles. The second-order valence-corrected chi connectivity index (χ2v) is 5.19. The van der Waals surface area contributed by atoms with E-state index in [2.05, 4.69) is 49.4 Å². The number of fused-ring (bicyclic) bond motifs is 1. The average Bonchev–Trinajstić information content (AvgIpc) is 3.20. The summed E-state index contributed by atoms with van der Waals surface area (Å²) in [7, 11) is 0. The van der Waals surface area contributed by atoms with Crippen molar-refractivity contribution >= 4 is 11.0 Å². The van der Waals surface area contributed by atoms with Crippen LogP contribution >= 0.6 is 0 Å². The molecule has 0 amide bonds. The fourth-order valence-electron chi connectivity index (χ4n) is 2.48. The first-order valence-corrected chi connectivity index (χ1v) is 7.29. The number of para-hydroxylation sites is 2. The molecule has 0 atom stereocenters. The van der Waals surface area contributed by atoms with Crippen LogP contribution in [-0.2, 0) is 12.8 Å². The predicted octanol–water partition coefficient (Wildman–Crippen LogP) is 3.13. The van der Waals surface area contributed by atoms with Gasteiger partial charge in [-0.05, 0) is 24.1 Å². The molecule has 108 valence electrons. The lowest BCUT2D eigenvalue weighted by Gasteiger charge is -1.97. The second kappa shape index (κ2) is 5.44. The zero-order valence-electron chi connectivity index (χ0n) is 12.0. The number of nitrogens with one attached hydrogen (secondary N) is 2. The maximum absolute atomic E-state index is 4.53. The topological polar surface area (TPSA) is 70.2 Å². The molecule has 0 radical (unpaired) electrons. The van der Waals surface area contributed by atoms with Crippen LogP contribution in [0.25, 0.3) is 22.7 Å². The minimum Gasteiger partial charge on any atom is -0.335 e. The summed E-state index contributed by atoms with van der Waals surface area (Å²) in [5.74, 6) is 2.18. The van der Waals surface area contributed by atoms with Crippen LogP contribution in [0, 0.1) is 0 Å². The lowest BCUT2D eigenvalue weighted by molar-refractivity contribution is 0.865. The number of H-pyrrole nitrogens is 2. The Morgan fingerprint density at radius 1 is 0.818 bits per heavy atom. The molecule has 0 fully saturated rings. The molecular weight excluding hydrogens is 274 g/mol. The van der Waals surface area contributed by atoms with Crippen molar-refractivity contribution in [2.24, 2.45) is 0 Å². The van der Waals surface area contributed by atoms with Crippen LogP contribution in [0.15, 0.2) is 54.6 Å². The molecule has 0 saturated carbocycles. The van der Waals surface area contributed by atoms with Crippen molar-refractivity contribution in [2.75, 3.05) is 0 Å². The van der Waals surface area contributed by atoms with E-state index in [9.17, 15) is 0 Å². The molecule has 0 aliphatic rings. The van der Waals surface area contributed by atoms with E-state index < -0.39 is 0 Å². The number of aromatic nitrogens is 5. The van der Waals surface area contributed by atoms with Crippen molar-refractivity contribution in [3.05, 3.63) is 66.0 Å². The Labute approximate surface area is 127 Å². The smallest absolute Gasteiger partial charge is 0.217 e. The zero-order chi connectivity index (χ0) is 14.8. The van der Waals surface area contributed by atoms with Crippen molar-refractivity contribution < 1.29 is 0 Å². The first-order chi connectivity index (χ1) is 10.9. The Morgan fingerprint density at radius 3 is 2.50 bits per heavy atom. The number of aryl methyl sites for hydroxylation is 2. The molecular formula is C17H15N5. The molecule has 0 saturated heterocycles. The van der Waals surface area contributed by atoms with Crippen molar-refractivity contribution in [3.8, 4) is 11.6 Å². The van der Waals surface area contributed by atoms with Gasteiger partial charge in [-0.1, -0.05) is 42.5 Å². The summed E-state index contributed by atoms with van der Waals surface area (Å²) in [5, 5.41) is 7.26. The third kappa shape index (κ3) is 2.48. The molecule has 2 N–H and O–H groups in total. The maximum Gasteiger partial charge on any atom is 0.217 e. The fraction of sp³-hybridized carbons (Fsp3) is 0.118. The van der Waals surface area contributed by atoms with Crippen molar-refractivity contribution in [2.45, 2.75) is 12.8 Å². The van der Waals surface area contributed by atoms with Gasteiger partial charge in [0.25, 0.3) is 0 Å². The summed E-state index contributed by atoms with van der Waals surface area (Å²) < 4.78 is 0. The van der Waals surface area contributed by atoms with Crippen LogP contribution in [0.1, 0.15) is 11.4 Å². The quantitative estimate of drug-likeness (QED) is 0.606. The molecule has 5 heteroatoms. The number of imidazole rings is 1. The normalized spacial score (nSPS) is 11.1. The van der Waals surface area contributed by atoms with Gasteiger partial charge in [0.05, 0.1) is 11.0 Å². The first-order valence-electron chi connectivity index (χ1n) is 7.29. The third-order valence-electron chi connectivity index (χ3n) is 3.63. The van der Waals surface area contributed by atoms with E-state index in [-0.39, 0.29) is 0 Å². The molecule has 22 heavy (non-hydrogen) atoms. The zero-order valence-corrected chi connectivity index (χ0v) is 12.0. The summed E-state index contributed by atoms with van der Waals surface area (Å²) >= 11 is 0. The number of hydrogen-bond donors (Lipinski definition) is 2. The van der Waals surface area contributed by atoms with Gasteiger partial charge < -0.3 is 4.98 Å². The van der Waals surface area contributed by atoms with Crippen LogP contribution in [-0.4, -0.2) is 25.1 Å². The number of hydrogen-bond acceptors (Lipinski definition) is 3. The van der Waals surface area contributed by atoms with Gasteiger partial charge in [0.2, 0.25) is 5.82 Å². The van der Waals surface area contributed by atoms with Gasteiger partial charge in [-0.3, -0.25) is 5.10 Å². The lowest BCUT2D eigenvalue weighted by atomic mass is 10.1. The Balaban J connectivity index is 1.53. The molecule has 4 rings (SSSR count). The van der Waals surface area contributed by atoms with Gasteiger partial charge in [-0.15, -0.1) is 0 Å². The van der Waals surface area contributed by atoms with E-state index >= 15 is 0 Å². The van der Waals surface area contributed by atoms with Crippen molar-refractivity contribution in [3.63, 3.8) is 0 Å². The summed E-state index contributed by atoms with van der Waals surface area (Å²) in [4.78, 5) is 12.3. The van der Waals surface area contributed by atoms with Gasteiger partial charge in [0, 0.05) is 6.42 Å². The van der Waals surface area contributed by atoms with Crippen LogP contribution in [0.2, 0.25) is 0 Å². The molecule has 4 aromatic rings. The molecule has 5 nitrogen and oxygen atoms in total.